The van der Waals surface area contributed by atoms with E-state index in [4.69, 9.17) is 0 Å². The van der Waals surface area contributed by atoms with Gasteiger partial charge < -0.3 is 10.6 Å². The fourth-order valence-electron chi connectivity index (χ4n) is 3.12. The molecule has 0 saturated heterocycles. The molecule has 10 nitrogen and oxygen atoms in total. The zero-order chi connectivity index (χ0) is 24.0. The second-order valence-corrected chi connectivity index (χ2v) is 10.5. The molecule has 2 amide bonds. The third-order valence-electron chi connectivity index (χ3n) is 4.88. The number of rotatable bonds is 10. The Morgan fingerprint density at radius 3 is 2.67 bits per heavy atom. The van der Waals surface area contributed by atoms with E-state index in [-0.39, 0.29) is 29.0 Å². The lowest BCUT2D eigenvalue weighted by atomic mass is 10.2. The Morgan fingerprint density at radius 2 is 1.94 bits per heavy atom. The van der Waals surface area contributed by atoms with Gasteiger partial charge in [-0.05, 0) is 48.8 Å². The Hall–Kier alpha value is -2.96. The van der Waals surface area contributed by atoms with Crippen LogP contribution in [-0.2, 0) is 14.8 Å². The Bertz CT molecular complexity index is 1240. The molecule has 33 heavy (non-hydrogen) atoms. The van der Waals surface area contributed by atoms with Gasteiger partial charge in [-0.2, -0.15) is 11.8 Å². The summed E-state index contributed by atoms with van der Waals surface area (Å²) in [5.74, 6) is 0.473. The smallest absolute Gasteiger partial charge is 0.251 e. The number of nitrogens with zero attached hydrogens (tertiary/aromatic N) is 4. The molecule has 2 heterocycles. The van der Waals surface area contributed by atoms with Gasteiger partial charge in [0.1, 0.15) is 0 Å². The van der Waals surface area contributed by atoms with Crippen molar-refractivity contribution < 1.29 is 18.0 Å². The molecule has 1 atom stereocenters. The predicted molar refractivity (Wildman–Crippen MR) is 127 cm³/mol. The highest BCUT2D eigenvalue weighted by Crippen LogP contribution is 2.18. The van der Waals surface area contributed by atoms with E-state index in [1.165, 1.54) is 38.4 Å². The maximum atomic E-state index is 12.6. The molecule has 2 aromatic heterocycles. The number of nitrogens with one attached hydrogen (secondary N) is 2. The highest BCUT2D eigenvalue weighted by Gasteiger charge is 2.21. The van der Waals surface area contributed by atoms with E-state index in [0.717, 1.165) is 10.1 Å². The molecule has 176 valence electrons. The molecule has 0 spiro atoms. The summed E-state index contributed by atoms with van der Waals surface area (Å²) < 4.78 is 27.5. The number of sulfonamides is 1. The van der Waals surface area contributed by atoms with Crippen LogP contribution in [0, 0.1) is 0 Å². The van der Waals surface area contributed by atoms with Gasteiger partial charge in [-0.1, -0.05) is 12.1 Å². The van der Waals surface area contributed by atoms with Gasteiger partial charge >= 0.3 is 0 Å². The fourth-order valence-corrected chi connectivity index (χ4v) is 4.54. The van der Waals surface area contributed by atoms with E-state index in [2.05, 4.69) is 20.8 Å². The molecule has 1 aromatic carbocycles. The van der Waals surface area contributed by atoms with Crippen LogP contribution in [0.3, 0.4) is 0 Å². The van der Waals surface area contributed by atoms with Gasteiger partial charge in [0.25, 0.3) is 5.91 Å². The van der Waals surface area contributed by atoms with Crippen LogP contribution in [-0.4, -0.2) is 71.8 Å². The van der Waals surface area contributed by atoms with Crippen molar-refractivity contribution in [1.29, 1.82) is 0 Å². The maximum Gasteiger partial charge on any atom is 0.251 e. The number of aromatic nitrogens is 3. The number of carbonyl (C=O) groups is 2. The first kappa shape index (κ1) is 24.7. The zero-order valence-electron chi connectivity index (χ0n) is 18.6. The molecular formula is C21H26N6O4S2. The van der Waals surface area contributed by atoms with Gasteiger partial charge in [-0.25, -0.2) is 12.7 Å². The number of hydrogen-bond donors (Lipinski definition) is 2. The first-order chi connectivity index (χ1) is 15.7. The molecule has 2 N–H and O–H groups in total. The van der Waals surface area contributed by atoms with Gasteiger partial charge in [-0.15, -0.1) is 10.2 Å². The molecule has 0 fully saturated rings. The summed E-state index contributed by atoms with van der Waals surface area (Å²) in [4.78, 5) is 25.1. The summed E-state index contributed by atoms with van der Waals surface area (Å²) in [5, 5.41) is 13.8. The summed E-state index contributed by atoms with van der Waals surface area (Å²) in [7, 11) is -0.845. The van der Waals surface area contributed by atoms with Crippen LogP contribution in [0.25, 0.3) is 5.65 Å². The standard InChI is InChI=1S/C21H26N6O4S2/c1-26(2)33(30,31)16-8-6-7-15(13-16)21(29)22-14-19(28)23-17(10-12-32-3)20-25-24-18-9-4-5-11-27(18)20/h4-9,11,13,17H,10,12,14H2,1-3H3,(H,22,29)(H,23,28). The number of fused-ring (bicyclic) bond motifs is 1. The SMILES string of the molecule is CSCCC(NC(=O)CNC(=O)c1cccc(S(=O)(=O)N(C)C)c1)c1nnc2ccccn12. The molecule has 3 aromatic rings. The van der Waals surface area contributed by atoms with Gasteiger partial charge in [0.2, 0.25) is 15.9 Å². The van der Waals surface area contributed by atoms with Crippen molar-refractivity contribution in [3.63, 3.8) is 0 Å². The molecule has 0 bridgehead atoms. The third kappa shape index (κ3) is 5.89. The summed E-state index contributed by atoms with van der Waals surface area (Å²) in [6.07, 6.45) is 4.45. The number of hydrogen-bond acceptors (Lipinski definition) is 7. The number of thioether (sulfide) groups is 1. The number of benzene rings is 1. The summed E-state index contributed by atoms with van der Waals surface area (Å²) in [5.41, 5.74) is 0.824. The van der Waals surface area contributed by atoms with Crippen molar-refractivity contribution in [3.05, 3.63) is 60.0 Å². The highest BCUT2D eigenvalue weighted by atomic mass is 32.2. The van der Waals surface area contributed by atoms with Crippen LogP contribution < -0.4 is 10.6 Å². The lowest BCUT2D eigenvalue weighted by Crippen LogP contribution is -2.39. The molecular weight excluding hydrogens is 464 g/mol. The Labute approximate surface area is 196 Å². The molecule has 1 unspecified atom stereocenters. The third-order valence-corrected chi connectivity index (χ3v) is 7.34. The Balaban J connectivity index is 1.67. The van der Waals surface area contributed by atoms with Crippen molar-refractivity contribution >= 4 is 39.2 Å². The minimum atomic E-state index is -3.68. The van der Waals surface area contributed by atoms with Crippen LogP contribution in [0.2, 0.25) is 0 Å². The zero-order valence-corrected chi connectivity index (χ0v) is 20.2. The second kappa shape index (κ2) is 10.8. The lowest BCUT2D eigenvalue weighted by Gasteiger charge is -2.17. The molecule has 0 aliphatic carbocycles. The number of pyridine rings is 1. The summed E-state index contributed by atoms with van der Waals surface area (Å²) in [6.45, 7) is -0.268. The van der Waals surface area contributed by atoms with Gasteiger partial charge in [0, 0.05) is 25.9 Å². The van der Waals surface area contributed by atoms with Gasteiger partial charge in [-0.3, -0.25) is 14.0 Å². The van der Waals surface area contributed by atoms with E-state index in [1.54, 1.807) is 11.8 Å². The molecule has 12 heteroatoms. The van der Waals surface area contributed by atoms with Crippen LogP contribution >= 0.6 is 11.8 Å². The fraction of sp³-hybridized carbons (Fsp3) is 0.333. The van der Waals surface area contributed by atoms with Crippen LogP contribution in [0.5, 0.6) is 0 Å². The average Bonchev–Trinajstić information content (AvgIpc) is 3.24. The Kier molecular flexibility index (Phi) is 8.06. The van der Waals surface area contributed by atoms with Crippen molar-refractivity contribution in [2.45, 2.75) is 17.4 Å². The van der Waals surface area contributed by atoms with E-state index in [0.29, 0.717) is 17.9 Å². The lowest BCUT2D eigenvalue weighted by molar-refractivity contribution is -0.121. The average molecular weight is 491 g/mol. The quantitative estimate of drug-likeness (QED) is 0.439. The van der Waals surface area contributed by atoms with E-state index in [9.17, 15) is 18.0 Å². The van der Waals surface area contributed by atoms with Crippen molar-refractivity contribution in [2.24, 2.45) is 0 Å². The van der Waals surface area contributed by atoms with E-state index in [1.807, 2.05) is 35.1 Å². The molecule has 0 aliphatic heterocycles. The maximum absolute atomic E-state index is 12.6. The van der Waals surface area contributed by atoms with Crippen molar-refractivity contribution in [1.82, 2.24) is 29.5 Å². The highest BCUT2D eigenvalue weighted by molar-refractivity contribution is 7.98. The second-order valence-electron chi connectivity index (χ2n) is 7.39. The first-order valence-electron chi connectivity index (χ1n) is 10.1. The number of amides is 2. The molecule has 3 rings (SSSR count). The predicted octanol–water partition coefficient (Wildman–Crippen LogP) is 1.32. The van der Waals surface area contributed by atoms with Crippen LogP contribution in [0.1, 0.15) is 28.6 Å². The summed E-state index contributed by atoms with van der Waals surface area (Å²) in [6, 6.07) is 10.8. The van der Waals surface area contributed by atoms with Crippen molar-refractivity contribution in [3.8, 4) is 0 Å². The monoisotopic (exact) mass is 490 g/mol. The van der Waals surface area contributed by atoms with Gasteiger partial charge in [0.05, 0.1) is 17.5 Å². The van der Waals surface area contributed by atoms with E-state index >= 15 is 0 Å². The van der Waals surface area contributed by atoms with Gasteiger partial charge in [0.15, 0.2) is 11.5 Å². The van der Waals surface area contributed by atoms with E-state index < -0.39 is 15.9 Å². The first-order valence-corrected chi connectivity index (χ1v) is 13.0. The molecule has 0 radical (unpaired) electrons. The summed E-state index contributed by atoms with van der Waals surface area (Å²) >= 11 is 1.65. The number of carbonyl (C=O) groups excluding carboxylic acids is 2. The minimum Gasteiger partial charge on any atom is -0.344 e. The molecule has 0 aliphatic rings. The minimum absolute atomic E-state index is 0.000385. The van der Waals surface area contributed by atoms with Crippen LogP contribution in [0.15, 0.2) is 53.6 Å². The largest absolute Gasteiger partial charge is 0.344 e. The normalized spacial score (nSPS) is 12.6. The topological polar surface area (TPSA) is 126 Å². The molecule has 0 saturated carbocycles. The van der Waals surface area contributed by atoms with Crippen LogP contribution in [0.4, 0.5) is 0 Å². The van der Waals surface area contributed by atoms with Crippen molar-refractivity contribution in [2.75, 3.05) is 32.6 Å². The Morgan fingerprint density at radius 1 is 1.15 bits per heavy atom.